The summed E-state index contributed by atoms with van der Waals surface area (Å²) in [6, 6.07) is 7.57. The molecule has 0 saturated carbocycles. The molecular formula is C17H28N2O2. The van der Waals surface area contributed by atoms with Crippen molar-refractivity contribution in [3.63, 3.8) is 0 Å². The van der Waals surface area contributed by atoms with E-state index in [0.717, 1.165) is 37.1 Å². The summed E-state index contributed by atoms with van der Waals surface area (Å²) in [5, 5.41) is 2.95. The van der Waals surface area contributed by atoms with E-state index in [0.29, 0.717) is 25.5 Å². The minimum Gasteiger partial charge on any atom is -0.491 e. The molecule has 3 N–H and O–H groups in total. The number of para-hydroxylation sites is 2. The van der Waals surface area contributed by atoms with Gasteiger partial charge in [-0.1, -0.05) is 32.4 Å². The van der Waals surface area contributed by atoms with Crippen LogP contribution in [-0.2, 0) is 4.79 Å². The van der Waals surface area contributed by atoms with Crippen LogP contribution in [0.15, 0.2) is 24.3 Å². The number of benzene rings is 1. The van der Waals surface area contributed by atoms with Crippen molar-refractivity contribution in [2.45, 2.75) is 46.0 Å². The molecule has 0 aromatic heterocycles. The van der Waals surface area contributed by atoms with Gasteiger partial charge in [0.15, 0.2) is 0 Å². The second-order valence-corrected chi connectivity index (χ2v) is 5.28. The van der Waals surface area contributed by atoms with Crippen LogP contribution < -0.4 is 15.8 Å². The molecule has 0 fully saturated rings. The van der Waals surface area contributed by atoms with E-state index in [1.807, 2.05) is 24.3 Å². The Balaban J connectivity index is 2.50. The summed E-state index contributed by atoms with van der Waals surface area (Å²) in [6.07, 6.45) is 4.42. The van der Waals surface area contributed by atoms with Crippen molar-refractivity contribution in [3.8, 4) is 5.75 Å². The predicted molar refractivity (Wildman–Crippen MR) is 87.5 cm³/mol. The van der Waals surface area contributed by atoms with Gasteiger partial charge in [-0.2, -0.15) is 0 Å². The quantitative estimate of drug-likeness (QED) is 0.693. The Morgan fingerprint density at radius 1 is 1.29 bits per heavy atom. The number of nitrogens with one attached hydrogen (secondary N) is 1. The zero-order chi connectivity index (χ0) is 15.5. The Labute approximate surface area is 128 Å². The van der Waals surface area contributed by atoms with Gasteiger partial charge in [0.05, 0.1) is 12.3 Å². The lowest BCUT2D eigenvalue weighted by atomic mass is 9.96. The first-order valence-corrected chi connectivity index (χ1v) is 7.93. The minimum absolute atomic E-state index is 0.0398. The van der Waals surface area contributed by atoms with Crippen LogP contribution in [0.25, 0.3) is 0 Å². The second-order valence-electron chi connectivity index (χ2n) is 5.28. The van der Waals surface area contributed by atoms with Crippen LogP contribution in [0.5, 0.6) is 5.75 Å². The van der Waals surface area contributed by atoms with Gasteiger partial charge >= 0.3 is 0 Å². The number of hydrogen-bond acceptors (Lipinski definition) is 3. The van der Waals surface area contributed by atoms with Crippen molar-refractivity contribution in [2.24, 2.45) is 11.7 Å². The molecule has 1 rings (SSSR count). The highest BCUT2D eigenvalue weighted by Crippen LogP contribution is 2.24. The van der Waals surface area contributed by atoms with E-state index in [1.54, 1.807) is 0 Å². The van der Waals surface area contributed by atoms with E-state index >= 15 is 0 Å². The highest BCUT2D eigenvalue weighted by Gasteiger charge is 2.11. The molecule has 4 nitrogen and oxygen atoms in total. The zero-order valence-electron chi connectivity index (χ0n) is 13.2. The van der Waals surface area contributed by atoms with E-state index in [-0.39, 0.29) is 5.91 Å². The first-order valence-electron chi connectivity index (χ1n) is 7.93. The highest BCUT2D eigenvalue weighted by molar-refractivity contribution is 5.92. The van der Waals surface area contributed by atoms with Crippen molar-refractivity contribution in [1.29, 1.82) is 0 Å². The molecule has 1 unspecified atom stereocenters. The number of rotatable bonds is 10. The Kier molecular flexibility index (Phi) is 8.51. The van der Waals surface area contributed by atoms with Gasteiger partial charge in [-0.25, -0.2) is 0 Å². The molecule has 4 heteroatoms. The number of anilines is 1. The molecule has 21 heavy (non-hydrogen) atoms. The first kappa shape index (κ1) is 17.5. The fourth-order valence-electron chi connectivity index (χ4n) is 2.24. The van der Waals surface area contributed by atoms with Gasteiger partial charge in [0, 0.05) is 6.42 Å². The smallest absolute Gasteiger partial charge is 0.224 e. The maximum Gasteiger partial charge on any atom is 0.224 e. The number of carbonyl (C=O) groups is 1. The second kappa shape index (κ2) is 10.2. The molecule has 0 spiro atoms. The Morgan fingerprint density at radius 2 is 2.05 bits per heavy atom. The average molecular weight is 292 g/mol. The summed E-state index contributed by atoms with van der Waals surface area (Å²) >= 11 is 0. The van der Waals surface area contributed by atoms with Crippen LogP contribution in [0, 0.1) is 5.92 Å². The molecule has 1 aromatic carbocycles. The maximum atomic E-state index is 12.1. The minimum atomic E-state index is 0.0398. The van der Waals surface area contributed by atoms with E-state index < -0.39 is 0 Å². The van der Waals surface area contributed by atoms with Gasteiger partial charge in [0.25, 0.3) is 0 Å². The van der Waals surface area contributed by atoms with Gasteiger partial charge in [-0.05, 0) is 43.9 Å². The van der Waals surface area contributed by atoms with E-state index in [9.17, 15) is 4.79 Å². The van der Waals surface area contributed by atoms with E-state index in [2.05, 4.69) is 19.2 Å². The fourth-order valence-corrected chi connectivity index (χ4v) is 2.24. The number of amides is 1. The summed E-state index contributed by atoms with van der Waals surface area (Å²) in [6.45, 7) is 5.55. The number of carbonyl (C=O) groups excluding carboxylic acids is 1. The maximum absolute atomic E-state index is 12.1. The summed E-state index contributed by atoms with van der Waals surface area (Å²) in [7, 11) is 0. The molecule has 0 aliphatic rings. The van der Waals surface area contributed by atoms with Crippen LogP contribution in [0.3, 0.4) is 0 Å². The molecule has 0 heterocycles. The van der Waals surface area contributed by atoms with E-state index in [1.165, 1.54) is 0 Å². The van der Waals surface area contributed by atoms with E-state index in [4.69, 9.17) is 10.5 Å². The Morgan fingerprint density at radius 3 is 2.71 bits per heavy atom. The lowest BCUT2D eigenvalue weighted by Crippen LogP contribution is -2.15. The largest absolute Gasteiger partial charge is 0.491 e. The van der Waals surface area contributed by atoms with Crippen LogP contribution in [0.4, 0.5) is 5.69 Å². The third-order valence-electron chi connectivity index (χ3n) is 3.55. The van der Waals surface area contributed by atoms with Crippen LogP contribution in [-0.4, -0.2) is 19.1 Å². The van der Waals surface area contributed by atoms with Crippen molar-refractivity contribution >= 4 is 11.6 Å². The molecule has 0 aliphatic heterocycles. The van der Waals surface area contributed by atoms with Crippen LogP contribution in [0.2, 0.25) is 0 Å². The van der Waals surface area contributed by atoms with Gasteiger partial charge in [-0.15, -0.1) is 0 Å². The summed E-state index contributed by atoms with van der Waals surface area (Å²) in [5.41, 5.74) is 6.34. The molecule has 0 saturated heterocycles. The average Bonchev–Trinajstić information content (AvgIpc) is 2.50. The highest BCUT2D eigenvalue weighted by atomic mass is 16.5. The molecule has 1 amide bonds. The van der Waals surface area contributed by atoms with Crippen molar-refractivity contribution in [1.82, 2.24) is 0 Å². The van der Waals surface area contributed by atoms with Gasteiger partial charge in [-0.3, -0.25) is 4.79 Å². The normalized spacial score (nSPS) is 12.0. The monoisotopic (exact) mass is 292 g/mol. The lowest BCUT2D eigenvalue weighted by molar-refractivity contribution is -0.116. The van der Waals surface area contributed by atoms with Crippen molar-refractivity contribution < 1.29 is 9.53 Å². The Bertz CT molecular complexity index is 421. The third-order valence-corrected chi connectivity index (χ3v) is 3.55. The van der Waals surface area contributed by atoms with Crippen molar-refractivity contribution in [2.75, 3.05) is 18.5 Å². The molecule has 0 radical (unpaired) electrons. The molecular weight excluding hydrogens is 264 g/mol. The van der Waals surface area contributed by atoms with Crippen LogP contribution >= 0.6 is 0 Å². The number of ether oxygens (including phenoxy) is 1. The first-order chi connectivity index (χ1) is 10.2. The molecule has 0 aliphatic carbocycles. The van der Waals surface area contributed by atoms with Gasteiger partial charge in [0.2, 0.25) is 5.91 Å². The molecule has 1 atom stereocenters. The summed E-state index contributed by atoms with van der Waals surface area (Å²) < 4.78 is 5.64. The number of hydrogen-bond donors (Lipinski definition) is 2. The van der Waals surface area contributed by atoms with Gasteiger partial charge in [0.1, 0.15) is 5.75 Å². The lowest BCUT2D eigenvalue weighted by Gasteiger charge is -2.14. The third kappa shape index (κ3) is 6.63. The van der Waals surface area contributed by atoms with Crippen LogP contribution in [0.1, 0.15) is 46.0 Å². The fraction of sp³-hybridized carbons (Fsp3) is 0.588. The molecule has 118 valence electrons. The Hall–Kier alpha value is -1.55. The predicted octanol–water partition coefficient (Wildman–Crippen LogP) is 3.57. The van der Waals surface area contributed by atoms with Crippen molar-refractivity contribution in [3.05, 3.63) is 24.3 Å². The molecule has 1 aromatic rings. The number of nitrogens with two attached hydrogens (primary N) is 1. The summed E-state index contributed by atoms with van der Waals surface area (Å²) in [5.74, 6) is 1.31. The standard InChI is InChI=1S/C17H28N2O2/c1-3-13-21-16-8-6-5-7-15(16)19-17(20)10-9-14(4-2)11-12-18/h5-8,14H,3-4,9-13,18H2,1-2H3,(H,19,20). The topological polar surface area (TPSA) is 64.3 Å². The SMILES string of the molecule is CCCOc1ccccc1NC(=O)CCC(CC)CCN. The molecule has 0 bridgehead atoms. The van der Waals surface area contributed by atoms with Gasteiger partial charge < -0.3 is 15.8 Å². The summed E-state index contributed by atoms with van der Waals surface area (Å²) in [4.78, 5) is 12.1. The zero-order valence-corrected chi connectivity index (χ0v) is 13.2.